The minimum absolute atomic E-state index is 0.00541. The summed E-state index contributed by atoms with van der Waals surface area (Å²) in [5.74, 6) is 2.49. The van der Waals surface area contributed by atoms with E-state index in [1.807, 2.05) is 58.7 Å². The Balaban J connectivity index is 1.15. The van der Waals surface area contributed by atoms with Crippen LogP contribution in [0.15, 0.2) is 54.7 Å². The Bertz CT molecular complexity index is 1680. The quantitative estimate of drug-likeness (QED) is 0.0678. The number of urea groups is 1. The number of rotatable bonds is 16. The SMILES string of the molecule is CCCCNc1nccc(-c2c(-c3ccc(NC(=O)CCCC[C@@H]4SCC5NC(=O)NC54)cc3)nn3c(NCCCC)cccc23)n1. The van der Waals surface area contributed by atoms with Crippen LogP contribution in [0.1, 0.15) is 65.2 Å². The van der Waals surface area contributed by atoms with Crippen LogP contribution in [0.3, 0.4) is 0 Å². The van der Waals surface area contributed by atoms with Crippen LogP contribution in [0, 0.1) is 0 Å². The van der Waals surface area contributed by atoms with Crippen molar-refractivity contribution in [3.05, 3.63) is 54.7 Å². The van der Waals surface area contributed by atoms with Crippen LogP contribution in [0.4, 0.5) is 22.2 Å². The molecule has 4 aromatic rings. The van der Waals surface area contributed by atoms with Crippen molar-refractivity contribution in [2.75, 3.05) is 34.8 Å². The third kappa shape index (κ3) is 7.81. The molecule has 2 unspecified atom stereocenters. The van der Waals surface area contributed by atoms with Gasteiger partial charge in [-0.05, 0) is 56.0 Å². The maximum atomic E-state index is 12.8. The molecule has 5 heterocycles. The lowest BCUT2D eigenvalue weighted by molar-refractivity contribution is -0.116. The summed E-state index contributed by atoms with van der Waals surface area (Å²) < 4.78 is 1.96. The minimum Gasteiger partial charge on any atom is -0.370 e. The maximum absolute atomic E-state index is 12.8. The van der Waals surface area contributed by atoms with E-state index >= 15 is 0 Å². The van der Waals surface area contributed by atoms with Crippen LogP contribution in [0.2, 0.25) is 0 Å². The molecule has 1 aromatic carbocycles. The number of thioether (sulfide) groups is 1. The van der Waals surface area contributed by atoms with Gasteiger partial charge in [-0.1, -0.05) is 51.3 Å². The topological polar surface area (TPSA) is 137 Å². The lowest BCUT2D eigenvalue weighted by Crippen LogP contribution is -2.36. The summed E-state index contributed by atoms with van der Waals surface area (Å²) in [6.45, 7) is 6.03. The van der Waals surface area contributed by atoms with Gasteiger partial charge in [-0.2, -0.15) is 16.9 Å². The highest BCUT2D eigenvalue weighted by atomic mass is 32.2. The number of nitrogens with zero attached hydrogens (tertiary/aromatic N) is 4. The first-order valence-electron chi connectivity index (χ1n) is 17.0. The third-order valence-corrected chi connectivity index (χ3v) is 10.3. The summed E-state index contributed by atoms with van der Waals surface area (Å²) in [5.41, 5.74) is 5.18. The van der Waals surface area contributed by atoms with Gasteiger partial charge < -0.3 is 26.6 Å². The van der Waals surface area contributed by atoms with Crippen molar-refractivity contribution in [1.82, 2.24) is 30.2 Å². The number of unbranched alkanes of at least 4 members (excludes halogenated alkanes) is 3. The molecule has 3 amide bonds. The zero-order chi connectivity index (χ0) is 32.6. The maximum Gasteiger partial charge on any atom is 0.315 e. The van der Waals surface area contributed by atoms with Gasteiger partial charge in [0.05, 0.1) is 28.9 Å². The zero-order valence-corrected chi connectivity index (χ0v) is 28.0. The summed E-state index contributed by atoms with van der Waals surface area (Å²) in [4.78, 5) is 33.8. The van der Waals surface area contributed by atoms with Gasteiger partial charge in [0.2, 0.25) is 11.9 Å². The Morgan fingerprint density at radius 2 is 1.79 bits per heavy atom. The number of nitrogens with one attached hydrogen (secondary N) is 5. The van der Waals surface area contributed by atoms with Gasteiger partial charge in [0.1, 0.15) is 11.5 Å². The molecule has 47 heavy (non-hydrogen) atoms. The van der Waals surface area contributed by atoms with Crippen LogP contribution in [-0.4, -0.2) is 67.7 Å². The second kappa shape index (κ2) is 15.5. The molecule has 5 N–H and O–H groups in total. The monoisotopic (exact) mass is 655 g/mol. The number of carbonyl (C=O) groups excluding carboxylic acids is 2. The first-order valence-corrected chi connectivity index (χ1v) is 18.0. The van der Waals surface area contributed by atoms with Crippen LogP contribution >= 0.6 is 11.8 Å². The fourth-order valence-corrected chi connectivity index (χ4v) is 7.76. The first-order chi connectivity index (χ1) is 23.0. The zero-order valence-electron chi connectivity index (χ0n) is 27.2. The number of amides is 3. The van der Waals surface area contributed by atoms with E-state index in [4.69, 9.17) is 10.1 Å². The molecule has 0 bridgehead atoms. The smallest absolute Gasteiger partial charge is 0.315 e. The molecule has 3 atom stereocenters. The van der Waals surface area contributed by atoms with Crippen molar-refractivity contribution >= 4 is 46.7 Å². The minimum atomic E-state index is -0.0597. The first kappa shape index (κ1) is 32.6. The van der Waals surface area contributed by atoms with E-state index in [9.17, 15) is 9.59 Å². The Hall–Kier alpha value is -4.32. The molecular weight excluding hydrogens is 611 g/mol. The molecular formula is C35H45N9O2S. The predicted octanol–water partition coefficient (Wildman–Crippen LogP) is 6.55. The van der Waals surface area contributed by atoms with E-state index in [0.717, 1.165) is 103 Å². The summed E-state index contributed by atoms with van der Waals surface area (Å²) in [7, 11) is 0. The third-order valence-electron chi connectivity index (χ3n) is 8.74. The molecule has 6 rings (SSSR count). The lowest BCUT2D eigenvalue weighted by Gasteiger charge is -2.16. The van der Waals surface area contributed by atoms with Gasteiger partial charge in [-0.15, -0.1) is 0 Å². The summed E-state index contributed by atoms with van der Waals surface area (Å²) >= 11 is 1.91. The molecule has 11 nitrogen and oxygen atoms in total. The second-order valence-electron chi connectivity index (χ2n) is 12.3. The molecule has 2 aliphatic rings. The predicted molar refractivity (Wildman–Crippen MR) is 191 cm³/mol. The molecule has 3 aromatic heterocycles. The largest absolute Gasteiger partial charge is 0.370 e. The van der Waals surface area contributed by atoms with Gasteiger partial charge >= 0.3 is 6.03 Å². The average molecular weight is 656 g/mol. The average Bonchev–Trinajstić information content (AvgIpc) is 3.77. The Morgan fingerprint density at radius 3 is 2.60 bits per heavy atom. The van der Waals surface area contributed by atoms with Crippen molar-refractivity contribution in [3.8, 4) is 22.5 Å². The summed E-state index contributed by atoms with van der Waals surface area (Å²) in [6.07, 6.45) is 9.33. The summed E-state index contributed by atoms with van der Waals surface area (Å²) in [6, 6.07) is 16.4. The highest BCUT2D eigenvalue weighted by Crippen LogP contribution is 2.36. The van der Waals surface area contributed by atoms with Crippen molar-refractivity contribution < 1.29 is 9.59 Å². The number of aromatic nitrogens is 4. The highest BCUT2D eigenvalue weighted by Gasteiger charge is 2.42. The molecule has 2 aliphatic heterocycles. The highest BCUT2D eigenvalue weighted by molar-refractivity contribution is 8.00. The standard InChI is InChI=1S/C35H45N9O2S/c1-3-5-19-36-29-12-9-10-27-31(25-18-21-38-34(40-25)37-20-6-4-2)32(43-44(27)29)23-14-16-24(17-15-23)39-30(45)13-8-7-11-28-33-26(22-47-28)41-35(46)42-33/h9-10,12,14-18,21,26,28,33,36H,3-8,11,13,19-20,22H2,1-2H3,(H,39,45)(H,37,38,40)(H2,41,42,46)/t26?,28-,33?/m0/s1. The van der Waals surface area contributed by atoms with Crippen LogP contribution in [0.5, 0.6) is 0 Å². The normalized spacial score (nSPS) is 18.5. The van der Waals surface area contributed by atoms with Gasteiger partial charge in [-0.25, -0.2) is 19.3 Å². The molecule has 0 radical (unpaired) electrons. The van der Waals surface area contributed by atoms with Crippen LogP contribution < -0.4 is 26.6 Å². The fourth-order valence-electron chi connectivity index (χ4n) is 6.22. The van der Waals surface area contributed by atoms with Crippen molar-refractivity contribution in [3.63, 3.8) is 0 Å². The second-order valence-corrected chi connectivity index (χ2v) is 13.5. The molecule has 0 aliphatic carbocycles. The summed E-state index contributed by atoms with van der Waals surface area (Å²) in [5, 5.41) is 21.5. The Kier molecular flexibility index (Phi) is 10.8. The molecule has 2 fully saturated rings. The molecule has 248 valence electrons. The Labute approximate surface area is 280 Å². The van der Waals surface area contributed by atoms with E-state index in [1.54, 1.807) is 6.20 Å². The number of hydrogen-bond acceptors (Lipinski definition) is 8. The van der Waals surface area contributed by atoms with Gasteiger partial charge in [-0.3, -0.25) is 4.79 Å². The number of benzene rings is 1. The van der Waals surface area contributed by atoms with Gasteiger partial charge in [0.15, 0.2) is 0 Å². The van der Waals surface area contributed by atoms with Crippen LogP contribution in [0.25, 0.3) is 28.0 Å². The fraction of sp³-hybridized carbons (Fsp3) is 0.457. The number of fused-ring (bicyclic) bond motifs is 2. The van der Waals surface area contributed by atoms with E-state index in [2.05, 4.69) is 51.5 Å². The van der Waals surface area contributed by atoms with Gasteiger partial charge in [0.25, 0.3) is 0 Å². The molecule has 0 spiro atoms. The van der Waals surface area contributed by atoms with Crippen LogP contribution in [-0.2, 0) is 4.79 Å². The number of pyridine rings is 1. The van der Waals surface area contributed by atoms with E-state index in [-0.39, 0.29) is 24.0 Å². The molecule has 12 heteroatoms. The van der Waals surface area contributed by atoms with Crippen molar-refractivity contribution in [1.29, 1.82) is 0 Å². The Morgan fingerprint density at radius 1 is 0.979 bits per heavy atom. The number of hydrogen-bond donors (Lipinski definition) is 5. The lowest BCUT2D eigenvalue weighted by atomic mass is 10.0. The number of carbonyl (C=O) groups is 2. The van der Waals surface area contributed by atoms with E-state index in [0.29, 0.717) is 17.6 Å². The van der Waals surface area contributed by atoms with Gasteiger partial charge in [0, 0.05) is 48.0 Å². The van der Waals surface area contributed by atoms with Crippen molar-refractivity contribution in [2.24, 2.45) is 0 Å². The van der Waals surface area contributed by atoms with Crippen molar-refractivity contribution in [2.45, 2.75) is 82.5 Å². The van der Waals surface area contributed by atoms with E-state index < -0.39 is 0 Å². The molecule has 0 saturated carbocycles. The molecule has 2 saturated heterocycles. The van der Waals surface area contributed by atoms with E-state index in [1.165, 1.54) is 0 Å². The number of anilines is 3.